The van der Waals surface area contributed by atoms with Crippen LogP contribution in [-0.2, 0) is 6.54 Å². The maximum absolute atomic E-state index is 12.4. The van der Waals surface area contributed by atoms with Crippen LogP contribution in [0.2, 0.25) is 0 Å². The minimum atomic E-state index is -0.182. The van der Waals surface area contributed by atoms with E-state index in [-0.39, 0.29) is 24.0 Å². The first kappa shape index (κ1) is 17.7. The molecule has 0 unspecified atom stereocenters. The van der Waals surface area contributed by atoms with Crippen molar-refractivity contribution >= 4 is 11.9 Å². The molecule has 2 aliphatic rings. The number of hydrogen-bond donors (Lipinski definition) is 3. The van der Waals surface area contributed by atoms with Crippen LogP contribution in [0.25, 0.3) is 0 Å². The maximum atomic E-state index is 12.4. The highest BCUT2D eigenvalue weighted by Crippen LogP contribution is 2.29. The molecule has 0 radical (unpaired) electrons. The zero-order valence-electron chi connectivity index (χ0n) is 15.0. The summed E-state index contributed by atoms with van der Waals surface area (Å²) in [7, 11) is 0. The summed E-state index contributed by atoms with van der Waals surface area (Å²) in [6.45, 7) is 6.35. The van der Waals surface area contributed by atoms with Gasteiger partial charge < -0.3 is 16.0 Å². The van der Waals surface area contributed by atoms with E-state index in [1.807, 2.05) is 38.1 Å². The normalized spacial score (nSPS) is 20.5. The van der Waals surface area contributed by atoms with Crippen molar-refractivity contribution in [3.05, 3.63) is 35.4 Å². The van der Waals surface area contributed by atoms with Crippen molar-refractivity contribution in [3.8, 4) is 0 Å². The van der Waals surface area contributed by atoms with Gasteiger partial charge in [0.05, 0.1) is 0 Å². The Morgan fingerprint density at radius 3 is 2.52 bits per heavy atom. The Bertz CT molecular complexity index is 610. The van der Waals surface area contributed by atoms with Gasteiger partial charge in [-0.25, -0.2) is 4.79 Å². The summed E-state index contributed by atoms with van der Waals surface area (Å²) in [5, 5.41) is 8.72. The average Bonchev–Trinajstić information content (AvgIpc) is 3.33. The number of amides is 3. The molecule has 136 valence electrons. The Morgan fingerprint density at radius 2 is 1.88 bits per heavy atom. The third-order valence-electron chi connectivity index (χ3n) is 4.71. The Morgan fingerprint density at radius 1 is 1.16 bits per heavy atom. The molecule has 2 fully saturated rings. The number of rotatable bonds is 6. The molecule has 25 heavy (non-hydrogen) atoms. The number of hydrogen-bond acceptors (Lipinski definition) is 3. The van der Waals surface area contributed by atoms with Gasteiger partial charge >= 0.3 is 6.03 Å². The van der Waals surface area contributed by atoms with Crippen LogP contribution in [0, 0.1) is 0 Å². The van der Waals surface area contributed by atoms with Gasteiger partial charge in [0.2, 0.25) is 0 Å². The molecule has 1 saturated carbocycles. The third kappa shape index (κ3) is 5.19. The summed E-state index contributed by atoms with van der Waals surface area (Å²) in [6, 6.07) is 8.36. The van der Waals surface area contributed by atoms with Crippen LogP contribution >= 0.6 is 0 Å². The molecule has 1 aromatic rings. The molecule has 1 atom stereocenters. The topological polar surface area (TPSA) is 73.5 Å². The van der Waals surface area contributed by atoms with E-state index in [1.54, 1.807) is 0 Å². The van der Waals surface area contributed by atoms with Gasteiger partial charge in [0.15, 0.2) is 0 Å². The molecule has 1 heterocycles. The quantitative estimate of drug-likeness (QED) is 0.737. The lowest BCUT2D eigenvalue weighted by Gasteiger charge is -2.16. The highest BCUT2D eigenvalue weighted by molar-refractivity contribution is 5.94. The number of nitrogens with one attached hydrogen (secondary N) is 3. The number of likely N-dealkylation sites (tertiary alicyclic amines) is 1. The van der Waals surface area contributed by atoms with Crippen LogP contribution in [0.3, 0.4) is 0 Å². The van der Waals surface area contributed by atoms with E-state index in [0.29, 0.717) is 12.1 Å². The van der Waals surface area contributed by atoms with Crippen molar-refractivity contribution in [1.29, 1.82) is 0 Å². The minimum absolute atomic E-state index is 0.0142. The van der Waals surface area contributed by atoms with E-state index in [9.17, 15) is 9.59 Å². The molecule has 1 aromatic carbocycles. The second-order valence-corrected chi connectivity index (χ2v) is 7.36. The molecule has 1 aliphatic heterocycles. The fraction of sp³-hybridized carbons (Fsp3) is 0.579. The fourth-order valence-electron chi connectivity index (χ4n) is 3.21. The summed E-state index contributed by atoms with van der Waals surface area (Å²) in [4.78, 5) is 26.5. The number of urea groups is 1. The Balaban J connectivity index is 1.45. The van der Waals surface area contributed by atoms with E-state index >= 15 is 0 Å². The van der Waals surface area contributed by atoms with Crippen molar-refractivity contribution in [3.63, 3.8) is 0 Å². The first-order valence-corrected chi connectivity index (χ1v) is 9.19. The summed E-state index contributed by atoms with van der Waals surface area (Å²) in [5.41, 5.74) is 1.64. The number of carbonyl (C=O) groups is 2. The van der Waals surface area contributed by atoms with Crippen molar-refractivity contribution in [1.82, 2.24) is 20.9 Å². The van der Waals surface area contributed by atoms with Gasteiger partial charge in [-0.2, -0.15) is 0 Å². The second kappa shape index (κ2) is 7.87. The third-order valence-corrected chi connectivity index (χ3v) is 4.71. The highest BCUT2D eigenvalue weighted by Gasteiger charge is 2.34. The summed E-state index contributed by atoms with van der Waals surface area (Å²) >= 11 is 0. The summed E-state index contributed by atoms with van der Waals surface area (Å²) in [6.07, 6.45) is 3.66. The van der Waals surface area contributed by atoms with Crippen LogP contribution in [0.5, 0.6) is 0 Å². The molecule has 0 bridgehead atoms. The van der Waals surface area contributed by atoms with Crippen LogP contribution in [0.4, 0.5) is 4.79 Å². The summed E-state index contributed by atoms with van der Waals surface area (Å²) < 4.78 is 0. The Kier molecular flexibility index (Phi) is 5.58. The molecule has 3 N–H and O–H groups in total. The molecule has 6 heteroatoms. The van der Waals surface area contributed by atoms with E-state index < -0.39 is 0 Å². The largest absolute Gasteiger partial charge is 0.348 e. The molecule has 3 rings (SSSR count). The molecule has 1 aliphatic carbocycles. The zero-order valence-corrected chi connectivity index (χ0v) is 15.0. The average molecular weight is 344 g/mol. The van der Waals surface area contributed by atoms with Crippen LogP contribution in [0.15, 0.2) is 24.3 Å². The van der Waals surface area contributed by atoms with Crippen LogP contribution in [-0.4, -0.2) is 48.1 Å². The van der Waals surface area contributed by atoms with Gasteiger partial charge in [0, 0.05) is 43.3 Å². The predicted octanol–water partition coefficient (Wildman–Crippen LogP) is 1.86. The minimum Gasteiger partial charge on any atom is -0.348 e. The molecule has 6 nitrogen and oxygen atoms in total. The molecule has 0 aromatic heterocycles. The SMILES string of the molecule is CC(C)NC(=O)NCc1ccc(C(=O)N[C@H]2CCN(C3CC3)C2)cc1. The van der Waals surface area contributed by atoms with Gasteiger partial charge in [-0.05, 0) is 50.8 Å². The van der Waals surface area contributed by atoms with Crippen molar-refractivity contribution in [2.45, 2.75) is 57.8 Å². The van der Waals surface area contributed by atoms with E-state index in [0.717, 1.165) is 31.1 Å². The molecular weight excluding hydrogens is 316 g/mol. The number of carbonyl (C=O) groups excluding carboxylic acids is 2. The number of nitrogens with zero attached hydrogens (tertiary/aromatic N) is 1. The fourth-order valence-corrected chi connectivity index (χ4v) is 3.21. The first-order chi connectivity index (χ1) is 12.0. The Labute approximate surface area is 149 Å². The van der Waals surface area contributed by atoms with Gasteiger partial charge in [-0.1, -0.05) is 12.1 Å². The molecule has 3 amide bonds. The van der Waals surface area contributed by atoms with Gasteiger partial charge in [-0.3, -0.25) is 9.69 Å². The first-order valence-electron chi connectivity index (χ1n) is 9.19. The van der Waals surface area contributed by atoms with Crippen molar-refractivity contribution in [2.75, 3.05) is 13.1 Å². The summed E-state index contributed by atoms with van der Waals surface area (Å²) in [5.74, 6) is -0.0142. The standard InChI is InChI=1S/C19H28N4O2/c1-13(2)21-19(25)20-11-14-3-5-15(6-4-14)18(24)22-16-9-10-23(12-16)17-7-8-17/h3-6,13,16-17H,7-12H2,1-2H3,(H,22,24)(H2,20,21,25)/t16-/m0/s1. The molecule has 1 saturated heterocycles. The van der Waals surface area contributed by atoms with Gasteiger partial charge in [0.1, 0.15) is 0 Å². The Hall–Kier alpha value is -2.08. The molecular formula is C19H28N4O2. The van der Waals surface area contributed by atoms with Gasteiger partial charge in [-0.15, -0.1) is 0 Å². The highest BCUT2D eigenvalue weighted by atomic mass is 16.2. The lowest BCUT2D eigenvalue weighted by molar-refractivity contribution is 0.0937. The van der Waals surface area contributed by atoms with Gasteiger partial charge in [0.25, 0.3) is 5.91 Å². The van der Waals surface area contributed by atoms with Crippen molar-refractivity contribution < 1.29 is 9.59 Å². The smallest absolute Gasteiger partial charge is 0.315 e. The maximum Gasteiger partial charge on any atom is 0.315 e. The molecule has 0 spiro atoms. The number of benzene rings is 1. The zero-order chi connectivity index (χ0) is 17.8. The van der Waals surface area contributed by atoms with Crippen LogP contribution < -0.4 is 16.0 Å². The van der Waals surface area contributed by atoms with E-state index in [2.05, 4.69) is 20.9 Å². The monoisotopic (exact) mass is 344 g/mol. The second-order valence-electron chi connectivity index (χ2n) is 7.36. The predicted molar refractivity (Wildman–Crippen MR) is 97.4 cm³/mol. The van der Waals surface area contributed by atoms with Crippen molar-refractivity contribution in [2.24, 2.45) is 0 Å². The lowest BCUT2D eigenvalue weighted by atomic mass is 10.1. The lowest BCUT2D eigenvalue weighted by Crippen LogP contribution is -2.39. The van der Waals surface area contributed by atoms with E-state index in [1.165, 1.54) is 12.8 Å². The van der Waals surface area contributed by atoms with Crippen LogP contribution in [0.1, 0.15) is 49.0 Å². The van der Waals surface area contributed by atoms with E-state index in [4.69, 9.17) is 0 Å².